The first kappa shape index (κ1) is 27.4. The van der Waals surface area contributed by atoms with Crippen LogP contribution in [0.2, 0.25) is 0 Å². The smallest absolute Gasteiger partial charge is 0.395 e. The maximum Gasteiger partial charge on any atom is 0.586 e. The lowest BCUT2D eigenvalue weighted by molar-refractivity contribution is -0.286. The minimum Gasteiger partial charge on any atom is -0.395 e. The Kier molecular flexibility index (Phi) is 7.57. The van der Waals surface area contributed by atoms with Crippen LogP contribution in [-0.4, -0.2) is 61.3 Å². The number of fused-ring (bicyclic) bond motifs is 1. The van der Waals surface area contributed by atoms with Crippen LogP contribution in [0.5, 0.6) is 11.5 Å². The second kappa shape index (κ2) is 10.2. The molecule has 13 heteroatoms. The molecular formula is C24H30F4N4O4S. The van der Waals surface area contributed by atoms with E-state index in [1.807, 2.05) is 13.8 Å². The van der Waals surface area contributed by atoms with Gasteiger partial charge in [-0.15, -0.1) is 8.78 Å². The standard InChI is InChI=1S/C24H30F4N4O4S/c1-12(2)16-7-18-19(36-24(27,28)35-18)8-20(16)37-14(4)31-21(33)13(3)32-6-5-23(25,26)17(11-32)15-9-29-22(34)30-10-15/h7-8,12-13,15,17H,4-6,9-11H2,1-3H3,(H,31,33)(H2,29,30,34). The van der Waals surface area contributed by atoms with Gasteiger partial charge in [0.15, 0.2) is 11.5 Å². The van der Waals surface area contributed by atoms with E-state index in [2.05, 4.69) is 32.0 Å². The maximum atomic E-state index is 14.7. The van der Waals surface area contributed by atoms with Crippen molar-refractivity contribution >= 4 is 23.7 Å². The van der Waals surface area contributed by atoms with Gasteiger partial charge in [-0.25, -0.2) is 13.6 Å². The number of nitrogens with zero attached hydrogens (tertiary/aromatic N) is 1. The number of ether oxygens (including phenoxy) is 2. The van der Waals surface area contributed by atoms with Crippen molar-refractivity contribution in [3.63, 3.8) is 0 Å². The van der Waals surface area contributed by atoms with Gasteiger partial charge in [-0.05, 0) is 30.5 Å². The summed E-state index contributed by atoms with van der Waals surface area (Å²) in [4.78, 5) is 26.6. The normalized spacial score (nSPS) is 23.8. The van der Waals surface area contributed by atoms with Crippen molar-refractivity contribution in [3.8, 4) is 11.5 Å². The SMILES string of the molecule is C=C(NC(=O)C(C)N1CCC(F)(F)C(C2CNC(=O)NC2)C1)Sc1cc2c(cc1C(C)C)OC(F)(F)O2. The number of carbonyl (C=O) groups excluding carboxylic acids is 2. The zero-order chi connectivity index (χ0) is 27.1. The van der Waals surface area contributed by atoms with Crippen molar-refractivity contribution in [2.75, 3.05) is 26.2 Å². The fourth-order valence-electron chi connectivity index (χ4n) is 4.77. The molecule has 204 valence electrons. The van der Waals surface area contributed by atoms with Crippen LogP contribution >= 0.6 is 11.8 Å². The molecule has 37 heavy (non-hydrogen) atoms. The summed E-state index contributed by atoms with van der Waals surface area (Å²) in [6.45, 7) is 9.62. The molecule has 2 fully saturated rings. The Morgan fingerprint density at radius 1 is 1.16 bits per heavy atom. The minimum absolute atomic E-state index is 0.00269. The lowest BCUT2D eigenvalue weighted by Gasteiger charge is -2.44. The van der Waals surface area contributed by atoms with E-state index in [-0.39, 0.29) is 54.7 Å². The summed E-state index contributed by atoms with van der Waals surface area (Å²) in [5.74, 6) is -5.05. The molecule has 3 aliphatic heterocycles. The van der Waals surface area contributed by atoms with Crippen LogP contribution in [0.4, 0.5) is 22.4 Å². The summed E-state index contributed by atoms with van der Waals surface area (Å²) in [5.41, 5.74) is 0.711. The van der Waals surface area contributed by atoms with Crippen LogP contribution in [0.1, 0.15) is 38.7 Å². The number of thioether (sulfide) groups is 1. The molecule has 1 aromatic carbocycles. The van der Waals surface area contributed by atoms with Gasteiger partial charge in [0, 0.05) is 49.3 Å². The Hall–Kier alpha value is -2.67. The molecule has 0 aliphatic carbocycles. The van der Waals surface area contributed by atoms with Crippen molar-refractivity contribution in [1.29, 1.82) is 0 Å². The summed E-state index contributed by atoms with van der Waals surface area (Å²) in [6, 6.07) is 1.80. The summed E-state index contributed by atoms with van der Waals surface area (Å²) in [5, 5.41) is 8.08. The van der Waals surface area contributed by atoms with Gasteiger partial charge >= 0.3 is 12.3 Å². The summed E-state index contributed by atoms with van der Waals surface area (Å²) < 4.78 is 65.6. The topological polar surface area (TPSA) is 91.9 Å². The second-order valence-electron chi connectivity index (χ2n) is 9.81. The molecular weight excluding hydrogens is 516 g/mol. The molecule has 0 bridgehead atoms. The molecule has 2 saturated heterocycles. The number of urea groups is 1. The van der Waals surface area contributed by atoms with Gasteiger partial charge in [-0.1, -0.05) is 32.2 Å². The zero-order valence-corrected chi connectivity index (χ0v) is 21.5. The number of likely N-dealkylation sites (tertiary alicyclic amines) is 1. The van der Waals surface area contributed by atoms with Gasteiger partial charge in [-0.2, -0.15) is 0 Å². The highest BCUT2D eigenvalue weighted by Gasteiger charge is 2.49. The average Bonchev–Trinajstić information content (AvgIpc) is 3.11. The zero-order valence-electron chi connectivity index (χ0n) is 20.7. The highest BCUT2D eigenvalue weighted by Crippen LogP contribution is 2.46. The van der Waals surface area contributed by atoms with Crippen molar-refractivity contribution < 1.29 is 36.6 Å². The number of rotatable bonds is 7. The Bertz CT molecular complexity index is 1080. The predicted molar refractivity (Wildman–Crippen MR) is 129 cm³/mol. The number of alkyl halides is 4. The van der Waals surface area contributed by atoms with E-state index in [0.717, 1.165) is 11.8 Å². The van der Waals surface area contributed by atoms with Gasteiger partial charge in [-0.3, -0.25) is 9.69 Å². The Balaban J connectivity index is 1.40. The Labute approximate surface area is 216 Å². The molecule has 4 rings (SSSR count). The second-order valence-corrected chi connectivity index (χ2v) is 10.9. The number of halogens is 4. The van der Waals surface area contributed by atoms with Gasteiger partial charge in [0.05, 0.1) is 11.1 Å². The molecule has 0 aromatic heterocycles. The van der Waals surface area contributed by atoms with Crippen molar-refractivity contribution in [1.82, 2.24) is 20.9 Å². The number of benzene rings is 1. The molecule has 3 heterocycles. The fraction of sp³-hybridized carbons (Fsp3) is 0.583. The number of nitrogens with one attached hydrogen (secondary N) is 3. The summed E-state index contributed by atoms with van der Waals surface area (Å²) in [6.07, 6.45) is -4.14. The van der Waals surface area contributed by atoms with E-state index in [4.69, 9.17) is 0 Å². The molecule has 2 atom stereocenters. The first-order chi connectivity index (χ1) is 17.3. The van der Waals surface area contributed by atoms with E-state index >= 15 is 0 Å². The molecule has 0 spiro atoms. The summed E-state index contributed by atoms with van der Waals surface area (Å²) >= 11 is 1.09. The first-order valence-corrected chi connectivity index (χ1v) is 12.8. The maximum absolute atomic E-state index is 14.7. The average molecular weight is 547 g/mol. The molecule has 1 aromatic rings. The minimum atomic E-state index is -3.75. The number of hydrogen-bond acceptors (Lipinski definition) is 6. The number of hydrogen-bond donors (Lipinski definition) is 3. The van der Waals surface area contributed by atoms with Gasteiger partial charge < -0.3 is 25.4 Å². The largest absolute Gasteiger partial charge is 0.586 e. The van der Waals surface area contributed by atoms with Crippen LogP contribution < -0.4 is 25.4 Å². The predicted octanol–water partition coefficient (Wildman–Crippen LogP) is 4.09. The highest BCUT2D eigenvalue weighted by molar-refractivity contribution is 8.03. The van der Waals surface area contributed by atoms with E-state index in [9.17, 15) is 27.2 Å². The van der Waals surface area contributed by atoms with E-state index < -0.39 is 42.4 Å². The molecule has 3 amide bonds. The van der Waals surface area contributed by atoms with Crippen LogP contribution in [0.25, 0.3) is 0 Å². The number of carbonyl (C=O) groups is 2. The highest BCUT2D eigenvalue weighted by atomic mass is 32.2. The Morgan fingerprint density at radius 3 is 2.41 bits per heavy atom. The third-order valence-corrected chi connectivity index (χ3v) is 7.83. The molecule has 3 aliphatic rings. The quantitative estimate of drug-likeness (QED) is 0.353. The van der Waals surface area contributed by atoms with Crippen LogP contribution in [0.3, 0.4) is 0 Å². The molecule has 0 saturated carbocycles. The Morgan fingerprint density at radius 2 is 1.78 bits per heavy atom. The molecule has 8 nitrogen and oxygen atoms in total. The third kappa shape index (κ3) is 6.08. The van der Waals surface area contributed by atoms with Crippen molar-refractivity contribution in [2.24, 2.45) is 11.8 Å². The molecule has 0 radical (unpaired) electrons. The first-order valence-electron chi connectivity index (χ1n) is 12.0. The molecule has 2 unspecified atom stereocenters. The number of amides is 3. The van der Waals surface area contributed by atoms with Crippen LogP contribution in [0.15, 0.2) is 28.6 Å². The third-order valence-electron chi connectivity index (χ3n) is 6.90. The lowest BCUT2D eigenvalue weighted by atomic mass is 9.81. The van der Waals surface area contributed by atoms with E-state index in [1.165, 1.54) is 12.1 Å². The van der Waals surface area contributed by atoms with Gasteiger partial charge in [0.2, 0.25) is 5.91 Å². The van der Waals surface area contributed by atoms with Crippen molar-refractivity contribution in [3.05, 3.63) is 29.3 Å². The molecule has 3 N–H and O–H groups in total. The van der Waals surface area contributed by atoms with E-state index in [1.54, 1.807) is 11.8 Å². The van der Waals surface area contributed by atoms with Crippen LogP contribution in [0, 0.1) is 11.8 Å². The summed E-state index contributed by atoms with van der Waals surface area (Å²) in [7, 11) is 0. The van der Waals surface area contributed by atoms with Crippen molar-refractivity contribution in [2.45, 2.75) is 56.3 Å². The lowest BCUT2D eigenvalue weighted by Crippen LogP contribution is -2.60. The van der Waals surface area contributed by atoms with Crippen LogP contribution in [-0.2, 0) is 4.79 Å². The fourth-order valence-corrected chi connectivity index (χ4v) is 5.76. The number of piperidine rings is 1. The monoisotopic (exact) mass is 546 g/mol. The van der Waals surface area contributed by atoms with E-state index in [0.29, 0.717) is 10.5 Å². The van der Waals surface area contributed by atoms with Gasteiger partial charge in [0.25, 0.3) is 5.92 Å². The van der Waals surface area contributed by atoms with Gasteiger partial charge in [0.1, 0.15) is 0 Å².